The van der Waals surface area contributed by atoms with Gasteiger partial charge in [-0.25, -0.2) is 9.67 Å². The predicted molar refractivity (Wildman–Crippen MR) is 85.1 cm³/mol. The molecule has 0 saturated heterocycles. The van der Waals surface area contributed by atoms with Crippen LogP contribution in [0.1, 0.15) is 21.6 Å². The summed E-state index contributed by atoms with van der Waals surface area (Å²) in [6.07, 6.45) is 1.89. The van der Waals surface area contributed by atoms with Crippen molar-refractivity contribution in [2.75, 3.05) is 6.54 Å². The number of aromatic nitrogens is 5. The number of hydrogen-bond acceptors (Lipinski definition) is 4. The van der Waals surface area contributed by atoms with Gasteiger partial charge in [0.25, 0.3) is 5.91 Å². The Kier molecular flexibility index (Phi) is 5.01. The quantitative estimate of drug-likeness (QED) is 0.726. The number of amides is 1. The first-order valence-corrected chi connectivity index (χ1v) is 7.72. The van der Waals surface area contributed by atoms with Crippen molar-refractivity contribution in [1.82, 2.24) is 29.9 Å². The van der Waals surface area contributed by atoms with Gasteiger partial charge in [-0.1, -0.05) is 23.4 Å². The topological polar surface area (TPSA) is 77.6 Å². The molecule has 0 radical (unpaired) electrons. The lowest BCUT2D eigenvalue weighted by molar-refractivity contribution is -0.138. The Labute approximate surface area is 146 Å². The Balaban J connectivity index is 1.62. The maximum atomic E-state index is 13.0. The SMILES string of the molecule is O=C(NCCn1ccnc1)c1cn(Cc2ccccc2C(F)(F)F)nn1. The molecule has 2 heterocycles. The van der Waals surface area contributed by atoms with Crippen LogP contribution in [0.4, 0.5) is 13.2 Å². The fraction of sp³-hybridized carbons (Fsp3) is 0.250. The van der Waals surface area contributed by atoms with Crippen molar-refractivity contribution in [3.63, 3.8) is 0 Å². The molecule has 1 N–H and O–H groups in total. The molecular weight excluding hydrogens is 349 g/mol. The first kappa shape index (κ1) is 17.6. The number of rotatable bonds is 6. The van der Waals surface area contributed by atoms with Gasteiger partial charge in [-0.15, -0.1) is 5.10 Å². The molecule has 0 aliphatic rings. The van der Waals surface area contributed by atoms with Crippen molar-refractivity contribution in [2.45, 2.75) is 19.3 Å². The van der Waals surface area contributed by atoms with Crippen LogP contribution in [0.2, 0.25) is 0 Å². The van der Waals surface area contributed by atoms with E-state index in [1.807, 2.05) is 0 Å². The second-order valence-electron chi connectivity index (χ2n) is 5.51. The third kappa shape index (κ3) is 4.26. The highest BCUT2D eigenvalue weighted by Gasteiger charge is 2.33. The monoisotopic (exact) mass is 364 g/mol. The minimum absolute atomic E-state index is 0.0418. The average molecular weight is 364 g/mol. The molecule has 3 aromatic rings. The summed E-state index contributed by atoms with van der Waals surface area (Å²) in [5.74, 6) is -0.444. The largest absolute Gasteiger partial charge is 0.416 e. The van der Waals surface area contributed by atoms with Crippen molar-refractivity contribution < 1.29 is 18.0 Å². The Morgan fingerprint density at radius 2 is 2.04 bits per heavy atom. The van der Waals surface area contributed by atoms with E-state index in [0.29, 0.717) is 13.1 Å². The molecule has 1 amide bonds. The van der Waals surface area contributed by atoms with E-state index in [2.05, 4.69) is 20.6 Å². The number of alkyl halides is 3. The maximum absolute atomic E-state index is 13.0. The summed E-state index contributed by atoms with van der Waals surface area (Å²) in [5.41, 5.74) is -0.640. The third-order valence-electron chi connectivity index (χ3n) is 3.64. The van der Waals surface area contributed by atoms with Crippen LogP contribution in [0, 0.1) is 0 Å². The molecule has 0 unspecified atom stereocenters. The van der Waals surface area contributed by atoms with Crippen molar-refractivity contribution in [3.8, 4) is 0 Å². The van der Waals surface area contributed by atoms with Crippen LogP contribution in [0.15, 0.2) is 49.2 Å². The number of nitrogens with one attached hydrogen (secondary N) is 1. The minimum Gasteiger partial charge on any atom is -0.349 e. The maximum Gasteiger partial charge on any atom is 0.416 e. The molecule has 1 aromatic carbocycles. The van der Waals surface area contributed by atoms with Gasteiger partial charge in [-0.3, -0.25) is 4.79 Å². The number of hydrogen-bond donors (Lipinski definition) is 1. The molecule has 26 heavy (non-hydrogen) atoms. The Morgan fingerprint density at radius 1 is 1.23 bits per heavy atom. The first-order chi connectivity index (χ1) is 12.4. The summed E-state index contributed by atoms with van der Waals surface area (Å²) < 4.78 is 42.1. The number of carbonyl (C=O) groups excluding carboxylic acids is 1. The lowest BCUT2D eigenvalue weighted by Gasteiger charge is -2.12. The molecule has 0 spiro atoms. The summed E-state index contributed by atoms with van der Waals surface area (Å²) in [6, 6.07) is 5.23. The normalized spacial score (nSPS) is 11.5. The van der Waals surface area contributed by atoms with Crippen LogP contribution in [-0.4, -0.2) is 37.0 Å². The van der Waals surface area contributed by atoms with E-state index in [4.69, 9.17) is 0 Å². The van der Waals surface area contributed by atoms with E-state index in [1.54, 1.807) is 23.3 Å². The molecule has 0 saturated carbocycles. The van der Waals surface area contributed by atoms with E-state index in [1.165, 1.54) is 29.1 Å². The average Bonchev–Trinajstić information content (AvgIpc) is 3.26. The lowest BCUT2D eigenvalue weighted by atomic mass is 10.1. The van der Waals surface area contributed by atoms with E-state index in [0.717, 1.165) is 6.07 Å². The van der Waals surface area contributed by atoms with Gasteiger partial charge < -0.3 is 9.88 Å². The number of imidazole rings is 1. The molecule has 2 aromatic heterocycles. The van der Waals surface area contributed by atoms with Gasteiger partial charge in [-0.05, 0) is 11.6 Å². The van der Waals surface area contributed by atoms with E-state index in [-0.39, 0.29) is 17.8 Å². The smallest absolute Gasteiger partial charge is 0.349 e. The molecule has 10 heteroatoms. The molecule has 0 fully saturated rings. The van der Waals surface area contributed by atoms with E-state index >= 15 is 0 Å². The summed E-state index contributed by atoms with van der Waals surface area (Å²) in [4.78, 5) is 15.9. The molecule has 0 aliphatic heterocycles. The van der Waals surface area contributed by atoms with Crippen molar-refractivity contribution >= 4 is 5.91 Å². The number of halogens is 3. The Bertz CT molecular complexity index is 872. The zero-order valence-electron chi connectivity index (χ0n) is 13.5. The van der Waals surface area contributed by atoms with Crippen LogP contribution in [0.5, 0.6) is 0 Å². The highest BCUT2D eigenvalue weighted by molar-refractivity contribution is 5.91. The van der Waals surface area contributed by atoms with Crippen LogP contribution < -0.4 is 5.32 Å². The minimum atomic E-state index is -4.45. The molecule has 0 bridgehead atoms. The van der Waals surface area contributed by atoms with Gasteiger partial charge in [0.15, 0.2) is 5.69 Å². The summed E-state index contributed by atoms with van der Waals surface area (Å²) >= 11 is 0. The Morgan fingerprint density at radius 3 is 2.77 bits per heavy atom. The fourth-order valence-electron chi connectivity index (χ4n) is 2.40. The van der Waals surface area contributed by atoms with E-state index < -0.39 is 17.6 Å². The van der Waals surface area contributed by atoms with Gasteiger partial charge in [-0.2, -0.15) is 13.2 Å². The van der Waals surface area contributed by atoms with Crippen LogP contribution in [0.3, 0.4) is 0 Å². The van der Waals surface area contributed by atoms with Gasteiger partial charge in [0.05, 0.1) is 24.6 Å². The zero-order chi connectivity index (χ0) is 18.6. The first-order valence-electron chi connectivity index (χ1n) is 7.72. The standard InChI is InChI=1S/C16H15F3N6O/c17-16(18,19)13-4-2-1-3-12(13)9-25-10-14(22-23-25)15(26)21-6-8-24-7-5-20-11-24/h1-5,7,10-11H,6,8-9H2,(H,21,26). The second-order valence-corrected chi connectivity index (χ2v) is 5.51. The zero-order valence-corrected chi connectivity index (χ0v) is 13.5. The summed E-state index contributed by atoms with van der Waals surface area (Å²) in [6.45, 7) is 0.767. The van der Waals surface area contributed by atoms with Crippen molar-refractivity contribution in [1.29, 1.82) is 0 Å². The van der Waals surface area contributed by atoms with Gasteiger partial charge in [0, 0.05) is 25.5 Å². The second kappa shape index (κ2) is 7.38. The van der Waals surface area contributed by atoms with Crippen molar-refractivity contribution in [3.05, 3.63) is 66.0 Å². The van der Waals surface area contributed by atoms with E-state index in [9.17, 15) is 18.0 Å². The van der Waals surface area contributed by atoms with Crippen LogP contribution in [0.25, 0.3) is 0 Å². The molecule has 3 rings (SSSR count). The fourth-order valence-corrected chi connectivity index (χ4v) is 2.40. The van der Waals surface area contributed by atoms with Gasteiger partial charge in [0.1, 0.15) is 0 Å². The number of carbonyl (C=O) groups is 1. The molecule has 0 atom stereocenters. The van der Waals surface area contributed by atoms with Crippen molar-refractivity contribution in [2.24, 2.45) is 0 Å². The lowest BCUT2D eigenvalue weighted by Crippen LogP contribution is -2.27. The number of benzene rings is 1. The highest BCUT2D eigenvalue weighted by atomic mass is 19.4. The van der Waals surface area contributed by atoms with Gasteiger partial charge in [0.2, 0.25) is 0 Å². The Hall–Kier alpha value is -3.17. The summed E-state index contributed by atoms with van der Waals surface area (Å²) in [5, 5.41) is 10.1. The molecule has 7 nitrogen and oxygen atoms in total. The highest BCUT2D eigenvalue weighted by Crippen LogP contribution is 2.32. The predicted octanol–water partition coefficient (Wildman–Crippen LogP) is 1.97. The van der Waals surface area contributed by atoms with Crippen LogP contribution in [-0.2, 0) is 19.3 Å². The molecule has 136 valence electrons. The van der Waals surface area contributed by atoms with Crippen LogP contribution >= 0.6 is 0 Å². The number of nitrogens with zero attached hydrogens (tertiary/aromatic N) is 5. The summed E-state index contributed by atoms with van der Waals surface area (Å²) in [7, 11) is 0. The molecular formula is C16H15F3N6O. The molecule has 0 aliphatic carbocycles. The van der Waals surface area contributed by atoms with Gasteiger partial charge >= 0.3 is 6.18 Å². The third-order valence-corrected chi connectivity index (χ3v) is 3.64.